The fourth-order valence-electron chi connectivity index (χ4n) is 3.17. The molecule has 160 valence electrons. The zero-order valence-corrected chi connectivity index (χ0v) is 16.6. The number of aromatic nitrogens is 4. The van der Waals surface area contributed by atoms with Crippen LogP contribution in [-0.4, -0.2) is 26.7 Å². The third kappa shape index (κ3) is 3.78. The minimum atomic E-state index is -4.55. The highest BCUT2D eigenvalue weighted by Gasteiger charge is 2.31. The third-order valence-electron chi connectivity index (χ3n) is 4.61. The lowest BCUT2D eigenvalue weighted by atomic mass is 10.1. The van der Waals surface area contributed by atoms with Crippen molar-refractivity contribution in [2.75, 3.05) is 11.4 Å². The molecule has 0 saturated heterocycles. The van der Waals surface area contributed by atoms with E-state index in [2.05, 4.69) is 20.2 Å². The van der Waals surface area contributed by atoms with E-state index in [0.29, 0.717) is 0 Å². The van der Waals surface area contributed by atoms with Crippen molar-refractivity contribution in [1.29, 1.82) is 0 Å². The van der Waals surface area contributed by atoms with E-state index in [1.165, 1.54) is 23.2 Å². The highest BCUT2D eigenvalue weighted by molar-refractivity contribution is 6.33. The molecule has 31 heavy (non-hydrogen) atoms. The van der Waals surface area contributed by atoms with Gasteiger partial charge in [-0.1, -0.05) is 17.7 Å². The summed E-state index contributed by atoms with van der Waals surface area (Å²) in [6.45, 7) is 1.92. The second-order valence-corrected chi connectivity index (χ2v) is 6.91. The first-order valence-corrected chi connectivity index (χ1v) is 9.38. The lowest BCUT2D eigenvalue weighted by Crippen LogP contribution is -2.20. The van der Waals surface area contributed by atoms with E-state index in [1.807, 2.05) is 0 Å². The number of anilines is 2. The Bertz CT molecular complexity index is 1250. The molecule has 0 bridgehead atoms. The molecule has 2 aromatic heterocycles. The number of fused-ring (bicyclic) bond motifs is 1. The lowest BCUT2D eigenvalue weighted by molar-refractivity contribution is -0.137. The number of hydrogen-bond acceptors (Lipinski definition) is 4. The van der Waals surface area contributed by atoms with E-state index in [-0.39, 0.29) is 45.5 Å². The van der Waals surface area contributed by atoms with E-state index in [4.69, 9.17) is 11.6 Å². The Morgan fingerprint density at radius 3 is 2.39 bits per heavy atom. The van der Waals surface area contributed by atoms with Crippen LogP contribution in [0.2, 0.25) is 5.02 Å². The van der Waals surface area contributed by atoms with Gasteiger partial charge in [-0.25, -0.2) is 18.7 Å². The van der Waals surface area contributed by atoms with Gasteiger partial charge in [0, 0.05) is 6.54 Å². The van der Waals surface area contributed by atoms with Crippen LogP contribution < -0.4 is 4.90 Å². The monoisotopic (exact) mass is 453 g/mol. The second kappa shape index (κ2) is 7.77. The standard InChI is InChI=1S/C20H13ClF5N5/c1-2-31(15-7-6-10(8-11(15)21)20(24,25)26)19-28-14-9-27-30-17(14)18(29-19)16-12(22)4-3-5-13(16)23/h3-9H,2H2,1H3,(H,27,30). The highest BCUT2D eigenvalue weighted by Crippen LogP contribution is 2.38. The largest absolute Gasteiger partial charge is 0.416 e. The molecule has 0 aliphatic carbocycles. The fraction of sp³-hybridized carbons (Fsp3) is 0.150. The molecule has 0 atom stereocenters. The summed E-state index contributed by atoms with van der Waals surface area (Å²) in [4.78, 5) is 10.1. The summed E-state index contributed by atoms with van der Waals surface area (Å²) in [5.41, 5.74) is -0.673. The molecule has 2 aromatic carbocycles. The third-order valence-corrected chi connectivity index (χ3v) is 4.91. The maximum atomic E-state index is 14.5. The minimum absolute atomic E-state index is 0.00397. The molecule has 0 aliphatic heterocycles. The van der Waals surface area contributed by atoms with E-state index < -0.39 is 23.4 Å². The molecule has 0 radical (unpaired) electrons. The van der Waals surface area contributed by atoms with Crippen LogP contribution in [0.5, 0.6) is 0 Å². The van der Waals surface area contributed by atoms with Crippen molar-refractivity contribution in [2.24, 2.45) is 0 Å². The number of aromatic amines is 1. The Balaban J connectivity index is 1.90. The van der Waals surface area contributed by atoms with Gasteiger partial charge in [-0.2, -0.15) is 18.3 Å². The molecule has 4 aromatic rings. The van der Waals surface area contributed by atoms with Gasteiger partial charge >= 0.3 is 6.18 Å². The van der Waals surface area contributed by atoms with Crippen molar-refractivity contribution >= 4 is 34.3 Å². The summed E-state index contributed by atoms with van der Waals surface area (Å²) < 4.78 is 67.9. The fourth-order valence-corrected chi connectivity index (χ4v) is 3.46. The van der Waals surface area contributed by atoms with Gasteiger partial charge in [-0.15, -0.1) is 0 Å². The van der Waals surface area contributed by atoms with Crippen LogP contribution in [0, 0.1) is 11.6 Å². The predicted molar refractivity (Wildman–Crippen MR) is 106 cm³/mol. The van der Waals surface area contributed by atoms with Crippen LogP contribution in [0.4, 0.5) is 33.6 Å². The van der Waals surface area contributed by atoms with Crippen molar-refractivity contribution in [3.05, 3.63) is 64.8 Å². The maximum absolute atomic E-state index is 14.5. The average molecular weight is 454 g/mol. The van der Waals surface area contributed by atoms with Gasteiger partial charge in [0.15, 0.2) is 0 Å². The first kappa shape index (κ1) is 21.0. The minimum Gasteiger partial charge on any atom is -0.309 e. The molecule has 4 rings (SSSR count). The number of H-pyrrole nitrogens is 1. The first-order valence-electron chi connectivity index (χ1n) is 9.00. The molecular weight excluding hydrogens is 441 g/mol. The van der Waals surface area contributed by atoms with Gasteiger partial charge in [-0.3, -0.25) is 5.10 Å². The predicted octanol–water partition coefficient (Wildman–Crippen LogP) is 6.13. The summed E-state index contributed by atoms with van der Waals surface area (Å²) in [5.74, 6) is -1.68. The summed E-state index contributed by atoms with van der Waals surface area (Å²) in [6, 6.07) is 6.28. The average Bonchev–Trinajstić information content (AvgIpc) is 3.17. The van der Waals surface area contributed by atoms with Crippen LogP contribution in [0.15, 0.2) is 42.6 Å². The number of hydrogen-bond donors (Lipinski definition) is 1. The highest BCUT2D eigenvalue weighted by atomic mass is 35.5. The van der Waals surface area contributed by atoms with Crippen molar-refractivity contribution in [1.82, 2.24) is 20.2 Å². The molecule has 0 saturated carbocycles. The van der Waals surface area contributed by atoms with Crippen molar-refractivity contribution in [3.63, 3.8) is 0 Å². The SMILES string of the molecule is CCN(c1nc(-c2c(F)cccc2F)c2[nH]ncc2n1)c1ccc(C(F)(F)F)cc1Cl. The number of halogens is 6. The smallest absolute Gasteiger partial charge is 0.309 e. The molecular formula is C20H13ClF5N5. The summed E-state index contributed by atoms with van der Waals surface area (Å²) in [5, 5.41) is 6.31. The molecule has 0 unspecified atom stereocenters. The zero-order chi connectivity index (χ0) is 22.3. The number of benzene rings is 2. The number of alkyl halides is 3. The van der Waals surface area contributed by atoms with Gasteiger partial charge < -0.3 is 4.90 Å². The van der Waals surface area contributed by atoms with Crippen LogP contribution in [-0.2, 0) is 6.18 Å². The van der Waals surface area contributed by atoms with Crippen molar-refractivity contribution in [3.8, 4) is 11.3 Å². The van der Waals surface area contributed by atoms with Crippen LogP contribution >= 0.6 is 11.6 Å². The zero-order valence-electron chi connectivity index (χ0n) is 15.8. The van der Waals surface area contributed by atoms with Gasteiger partial charge in [0.2, 0.25) is 5.95 Å². The molecule has 11 heteroatoms. The van der Waals surface area contributed by atoms with Crippen LogP contribution in [0.1, 0.15) is 12.5 Å². The summed E-state index contributed by atoms with van der Waals surface area (Å²) >= 11 is 6.13. The maximum Gasteiger partial charge on any atom is 0.416 e. The van der Waals surface area contributed by atoms with E-state index in [0.717, 1.165) is 24.3 Å². The second-order valence-electron chi connectivity index (χ2n) is 6.51. The normalized spacial score (nSPS) is 11.8. The van der Waals surface area contributed by atoms with E-state index >= 15 is 0 Å². The molecule has 1 N–H and O–H groups in total. The Morgan fingerprint density at radius 2 is 1.77 bits per heavy atom. The van der Waals surface area contributed by atoms with Crippen molar-refractivity contribution in [2.45, 2.75) is 13.1 Å². The number of nitrogens with zero attached hydrogens (tertiary/aromatic N) is 4. The Morgan fingerprint density at radius 1 is 1.06 bits per heavy atom. The Labute approximate surface area is 177 Å². The van der Waals surface area contributed by atoms with E-state index in [1.54, 1.807) is 6.92 Å². The molecule has 0 fully saturated rings. The van der Waals surface area contributed by atoms with E-state index in [9.17, 15) is 22.0 Å². The molecule has 0 aliphatic rings. The van der Waals surface area contributed by atoms with Crippen LogP contribution in [0.25, 0.3) is 22.3 Å². The van der Waals surface area contributed by atoms with Crippen molar-refractivity contribution < 1.29 is 22.0 Å². The number of nitrogens with one attached hydrogen (secondary N) is 1. The first-order chi connectivity index (χ1) is 14.7. The molecule has 0 spiro atoms. The van der Waals surface area contributed by atoms with Crippen LogP contribution in [0.3, 0.4) is 0 Å². The van der Waals surface area contributed by atoms with Gasteiger partial charge in [-0.05, 0) is 37.3 Å². The molecule has 5 nitrogen and oxygen atoms in total. The molecule has 2 heterocycles. The van der Waals surface area contributed by atoms with Gasteiger partial charge in [0.25, 0.3) is 0 Å². The quantitative estimate of drug-likeness (QED) is 0.378. The summed E-state index contributed by atoms with van der Waals surface area (Å²) in [7, 11) is 0. The van der Waals surface area contributed by atoms with Gasteiger partial charge in [0.1, 0.15) is 28.4 Å². The lowest BCUT2D eigenvalue weighted by Gasteiger charge is -2.23. The Hall–Kier alpha value is -3.27. The Kier molecular flexibility index (Phi) is 5.26. The molecule has 0 amide bonds. The summed E-state index contributed by atoms with van der Waals surface area (Å²) in [6.07, 6.45) is -3.20. The number of rotatable bonds is 4. The van der Waals surface area contributed by atoms with Gasteiger partial charge in [0.05, 0.1) is 28.0 Å². The topological polar surface area (TPSA) is 57.7 Å².